The molecular formula is C15H31NO6. The molecule has 0 fully saturated rings. The summed E-state index contributed by atoms with van der Waals surface area (Å²) in [7, 11) is 0. The van der Waals surface area contributed by atoms with Crippen LogP contribution in [0.5, 0.6) is 0 Å². The van der Waals surface area contributed by atoms with Crippen LogP contribution in [0.1, 0.15) is 51.9 Å². The first kappa shape index (κ1) is 21.3. The number of unbranched alkanes of at least 4 members (excludes halogenated alkanes) is 6. The molecule has 0 aliphatic rings. The quantitative estimate of drug-likeness (QED) is 0.249. The SMILES string of the molecule is CCCCCCCCCNC(=O)[C@H](O)[C@H](O)[C@H](O)[C@H](O)CO. The van der Waals surface area contributed by atoms with Crippen molar-refractivity contribution in [1.29, 1.82) is 0 Å². The number of hydrogen-bond acceptors (Lipinski definition) is 6. The Morgan fingerprint density at radius 1 is 0.909 bits per heavy atom. The molecule has 132 valence electrons. The minimum atomic E-state index is -1.85. The van der Waals surface area contributed by atoms with E-state index in [-0.39, 0.29) is 0 Å². The lowest BCUT2D eigenvalue weighted by atomic mass is 10.0. The molecule has 0 saturated carbocycles. The minimum absolute atomic E-state index is 0.384. The van der Waals surface area contributed by atoms with E-state index in [1.165, 1.54) is 25.7 Å². The first-order chi connectivity index (χ1) is 10.5. The van der Waals surface area contributed by atoms with Crippen LogP contribution in [-0.4, -0.2) is 69.0 Å². The third-order valence-corrected chi connectivity index (χ3v) is 3.60. The number of carbonyl (C=O) groups is 1. The first-order valence-electron chi connectivity index (χ1n) is 8.06. The fourth-order valence-corrected chi connectivity index (χ4v) is 2.08. The number of aliphatic hydroxyl groups excluding tert-OH is 5. The number of aliphatic hydroxyl groups is 5. The Labute approximate surface area is 132 Å². The zero-order valence-corrected chi connectivity index (χ0v) is 13.3. The highest BCUT2D eigenvalue weighted by Gasteiger charge is 2.33. The summed E-state index contributed by atoms with van der Waals surface area (Å²) in [5.41, 5.74) is 0. The summed E-state index contributed by atoms with van der Waals surface area (Å²) in [6, 6.07) is 0. The summed E-state index contributed by atoms with van der Waals surface area (Å²) in [5, 5.41) is 48.8. The summed E-state index contributed by atoms with van der Waals surface area (Å²) in [6.07, 6.45) is 0.601. The van der Waals surface area contributed by atoms with Gasteiger partial charge >= 0.3 is 0 Å². The first-order valence-corrected chi connectivity index (χ1v) is 8.06. The summed E-state index contributed by atoms with van der Waals surface area (Å²) in [4.78, 5) is 11.6. The van der Waals surface area contributed by atoms with Crippen LogP contribution in [0.3, 0.4) is 0 Å². The Kier molecular flexibility index (Phi) is 12.4. The molecule has 0 bridgehead atoms. The maximum Gasteiger partial charge on any atom is 0.251 e. The third kappa shape index (κ3) is 8.65. The van der Waals surface area contributed by atoms with Crippen molar-refractivity contribution in [2.45, 2.75) is 76.3 Å². The maximum atomic E-state index is 11.6. The van der Waals surface area contributed by atoms with Crippen molar-refractivity contribution in [2.24, 2.45) is 0 Å². The summed E-state index contributed by atoms with van der Waals surface area (Å²) >= 11 is 0. The van der Waals surface area contributed by atoms with Crippen molar-refractivity contribution >= 4 is 5.91 Å². The van der Waals surface area contributed by atoms with Gasteiger partial charge in [-0.25, -0.2) is 0 Å². The molecule has 7 heteroatoms. The highest BCUT2D eigenvalue weighted by Crippen LogP contribution is 2.07. The molecule has 7 nitrogen and oxygen atoms in total. The molecule has 0 rings (SSSR count). The maximum absolute atomic E-state index is 11.6. The topological polar surface area (TPSA) is 130 Å². The second kappa shape index (κ2) is 12.8. The van der Waals surface area contributed by atoms with Crippen molar-refractivity contribution in [2.75, 3.05) is 13.2 Å². The zero-order chi connectivity index (χ0) is 17.0. The van der Waals surface area contributed by atoms with Gasteiger partial charge in [0.25, 0.3) is 5.91 Å². The van der Waals surface area contributed by atoms with E-state index in [4.69, 9.17) is 10.2 Å². The molecular weight excluding hydrogens is 290 g/mol. The van der Waals surface area contributed by atoms with Gasteiger partial charge in [0, 0.05) is 6.54 Å². The van der Waals surface area contributed by atoms with Crippen molar-refractivity contribution in [1.82, 2.24) is 5.32 Å². The average molecular weight is 321 g/mol. The fourth-order valence-electron chi connectivity index (χ4n) is 2.08. The highest BCUT2D eigenvalue weighted by molar-refractivity contribution is 5.81. The largest absolute Gasteiger partial charge is 0.394 e. The van der Waals surface area contributed by atoms with E-state index in [9.17, 15) is 20.1 Å². The van der Waals surface area contributed by atoms with Crippen LogP contribution in [0, 0.1) is 0 Å². The second-order valence-electron chi connectivity index (χ2n) is 5.59. The van der Waals surface area contributed by atoms with E-state index in [1.807, 2.05) is 0 Å². The monoisotopic (exact) mass is 321 g/mol. The predicted octanol–water partition coefficient (Wildman–Crippen LogP) is -0.711. The Morgan fingerprint density at radius 2 is 1.45 bits per heavy atom. The van der Waals surface area contributed by atoms with Crippen LogP contribution in [-0.2, 0) is 4.79 Å². The van der Waals surface area contributed by atoms with Gasteiger partial charge in [0.15, 0.2) is 6.10 Å². The molecule has 0 aromatic rings. The van der Waals surface area contributed by atoms with Gasteiger partial charge in [-0.2, -0.15) is 0 Å². The van der Waals surface area contributed by atoms with Gasteiger partial charge in [-0.3, -0.25) is 4.79 Å². The van der Waals surface area contributed by atoms with Crippen molar-refractivity contribution < 1.29 is 30.3 Å². The van der Waals surface area contributed by atoms with Crippen molar-refractivity contribution in [3.63, 3.8) is 0 Å². The molecule has 0 saturated heterocycles. The Morgan fingerprint density at radius 3 is 2.00 bits per heavy atom. The van der Waals surface area contributed by atoms with Crippen molar-refractivity contribution in [3.8, 4) is 0 Å². The zero-order valence-electron chi connectivity index (χ0n) is 13.3. The molecule has 0 unspecified atom stereocenters. The van der Waals surface area contributed by atoms with Gasteiger partial charge in [0.1, 0.15) is 18.3 Å². The van der Waals surface area contributed by atoms with Crippen LogP contribution in [0.15, 0.2) is 0 Å². The van der Waals surface area contributed by atoms with Gasteiger partial charge in [0.05, 0.1) is 6.61 Å². The van der Waals surface area contributed by atoms with Crippen LogP contribution in [0.4, 0.5) is 0 Å². The molecule has 0 spiro atoms. The Hall–Kier alpha value is -0.730. The molecule has 22 heavy (non-hydrogen) atoms. The number of nitrogens with one attached hydrogen (secondary N) is 1. The number of rotatable bonds is 13. The number of carbonyl (C=O) groups excluding carboxylic acids is 1. The summed E-state index contributed by atoms with van der Waals surface area (Å²) in [6.45, 7) is 1.77. The number of hydrogen-bond donors (Lipinski definition) is 6. The lowest BCUT2D eigenvalue weighted by Gasteiger charge is -2.24. The average Bonchev–Trinajstić information content (AvgIpc) is 2.54. The standard InChI is InChI=1S/C15H31NO6/c1-2-3-4-5-6-7-8-9-16-15(22)14(21)13(20)12(19)11(18)10-17/h11-14,17-21H,2-10H2,1H3,(H,16,22)/t11-,12-,13-,14-/m1/s1. The van der Waals surface area contributed by atoms with E-state index >= 15 is 0 Å². The second-order valence-corrected chi connectivity index (χ2v) is 5.59. The number of amides is 1. The van der Waals surface area contributed by atoms with E-state index in [0.29, 0.717) is 6.54 Å². The lowest BCUT2D eigenvalue weighted by molar-refractivity contribution is -0.148. The molecule has 6 N–H and O–H groups in total. The highest BCUT2D eigenvalue weighted by atomic mass is 16.4. The normalized spacial score (nSPS) is 16.8. The molecule has 4 atom stereocenters. The van der Waals surface area contributed by atoms with Crippen LogP contribution in [0.2, 0.25) is 0 Å². The van der Waals surface area contributed by atoms with Crippen molar-refractivity contribution in [3.05, 3.63) is 0 Å². The summed E-state index contributed by atoms with van der Waals surface area (Å²) < 4.78 is 0. The molecule has 0 aliphatic carbocycles. The summed E-state index contributed by atoms with van der Waals surface area (Å²) in [5.74, 6) is -0.803. The third-order valence-electron chi connectivity index (χ3n) is 3.60. The van der Waals surface area contributed by atoms with Gasteiger partial charge in [-0.15, -0.1) is 0 Å². The van der Waals surface area contributed by atoms with E-state index < -0.39 is 36.9 Å². The molecule has 0 radical (unpaired) electrons. The molecule has 0 aliphatic heterocycles. The Balaban J connectivity index is 3.82. The van der Waals surface area contributed by atoms with Gasteiger partial charge < -0.3 is 30.8 Å². The van der Waals surface area contributed by atoms with Gasteiger partial charge in [-0.05, 0) is 6.42 Å². The van der Waals surface area contributed by atoms with E-state index in [1.54, 1.807) is 0 Å². The van der Waals surface area contributed by atoms with E-state index in [0.717, 1.165) is 19.3 Å². The van der Waals surface area contributed by atoms with E-state index in [2.05, 4.69) is 12.2 Å². The van der Waals surface area contributed by atoms with Crippen LogP contribution in [0.25, 0.3) is 0 Å². The smallest absolute Gasteiger partial charge is 0.251 e. The van der Waals surface area contributed by atoms with Gasteiger partial charge in [0.2, 0.25) is 0 Å². The molecule has 0 aromatic carbocycles. The molecule has 0 heterocycles. The van der Waals surface area contributed by atoms with Gasteiger partial charge in [-0.1, -0.05) is 45.4 Å². The molecule has 1 amide bonds. The minimum Gasteiger partial charge on any atom is -0.394 e. The predicted molar refractivity (Wildman–Crippen MR) is 82.1 cm³/mol. The molecule has 0 aromatic heterocycles. The fraction of sp³-hybridized carbons (Fsp3) is 0.933. The van der Waals surface area contributed by atoms with Crippen LogP contribution >= 0.6 is 0 Å². The Bertz CT molecular complexity index is 289. The van der Waals surface area contributed by atoms with Crippen LogP contribution < -0.4 is 5.32 Å². The lowest BCUT2D eigenvalue weighted by Crippen LogP contribution is -2.51.